The first-order chi connectivity index (χ1) is 12.3. The van der Waals surface area contributed by atoms with Gasteiger partial charge in [0.1, 0.15) is 0 Å². The van der Waals surface area contributed by atoms with Crippen LogP contribution in [-0.2, 0) is 9.53 Å². The number of nitrogens with zero attached hydrogens (tertiary/aromatic N) is 3. The van der Waals surface area contributed by atoms with E-state index in [-0.39, 0.29) is 18.1 Å². The Bertz CT molecular complexity index is 828. The van der Waals surface area contributed by atoms with Crippen molar-refractivity contribution in [3.63, 3.8) is 0 Å². The van der Waals surface area contributed by atoms with Crippen molar-refractivity contribution in [2.75, 3.05) is 11.4 Å². The van der Waals surface area contributed by atoms with Gasteiger partial charge in [-0.2, -0.15) is 0 Å². The van der Waals surface area contributed by atoms with E-state index < -0.39 is 6.09 Å². The molecule has 0 bridgehead atoms. The van der Waals surface area contributed by atoms with E-state index in [0.717, 1.165) is 22.6 Å². The summed E-state index contributed by atoms with van der Waals surface area (Å²) in [7, 11) is 0. The van der Waals surface area contributed by atoms with Gasteiger partial charge in [-0.1, -0.05) is 0 Å². The van der Waals surface area contributed by atoms with Crippen LogP contribution >= 0.6 is 0 Å². The molecule has 1 atom stereocenters. The number of aromatic nitrogens is 2. The van der Waals surface area contributed by atoms with Crippen molar-refractivity contribution in [2.45, 2.75) is 46.3 Å². The van der Waals surface area contributed by atoms with Crippen molar-refractivity contribution in [1.82, 2.24) is 14.9 Å². The Hall–Kier alpha value is -2.83. The summed E-state index contributed by atoms with van der Waals surface area (Å²) in [5.74, 6) is -0.0133. The molecule has 0 fully saturated rings. The number of benzene rings is 1. The zero-order chi connectivity index (χ0) is 18.8. The molecule has 1 aliphatic heterocycles. The maximum Gasteiger partial charge on any atom is 0.407 e. The number of fused-ring (bicyclic) bond motifs is 1. The summed E-state index contributed by atoms with van der Waals surface area (Å²) < 4.78 is 7.14. The highest BCUT2D eigenvalue weighted by atomic mass is 16.6. The molecule has 2 amide bonds. The molecule has 1 aromatic heterocycles. The van der Waals surface area contributed by atoms with Crippen LogP contribution in [0.1, 0.15) is 44.5 Å². The molecule has 1 aliphatic rings. The number of imidazole rings is 1. The molecule has 26 heavy (non-hydrogen) atoms. The minimum absolute atomic E-state index is 0.0133. The molecule has 0 aliphatic carbocycles. The van der Waals surface area contributed by atoms with E-state index in [9.17, 15) is 9.59 Å². The van der Waals surface area contributed by atoms with Crippen molar-refractivity contribution in [1.29, 1.82) is 0 Å². The van der Waals surface area contributed by atoms with Gasteiger partial charge in [-0.25, -0.2) is 9.78 Å². The first-order valence-electron chi connectivity index (χ1n) is 8.75. The fraction of sp³-hybridized carbons (Fsp3) is 0.421. The van der Waals surface area contributed by atoms with E-state index in [1.54, 1.807) is 18.2 Å². The third kappa shape index (κ3) is 3.71. The maximum absolute atomic E-state index is 12.1. The van der Waals surface area contributed by atoms with E-state index in [2.05, 4.69) is 10.3 Å². The summed E-state index contributed by atoms with van der Waals surface area (Å²) in [5, 5.41) is 2.93. The molecule has 7 heteroatoms. The summed E-state index contributed by atoms with van der Waals surface area (Å²) in [4.78, 5) is 30.1. The van der Waals surface area contributed by atoms with Crippen molar-refractivity contribution in [3.05, 3.63) is 42.0 Å². The number of alkyl carbamates (subject to hydrolysis) is 1. The van der Waals surface area contributed by atoms with Gasteiger partial charge >= 0.3 is 6.09 Å². The summed E-state index contributed by atoms with van der Waals surface area (Å²) >= 11 is 0. The quantitative estimate of drug-likeness (QED) is 0.917. The van der Waals surface area contributed by atoms with Crippen LogP contribution in [0.25, 0.3) is 5.69 Å². The molecule has 1 aromatic carbocycles. The topological polar surface area (TPSA) is 76.5 Å². The van der Waals surface area contributed by atoms with Crippen LogP contribution in [-0.4, -0.2) is 34.2 Å². The number of aryl methyl sites for hydroxylation is 1. The van der Waals surface area contributed by atoms with Gasteiger partial charge in [0.15, 0.2) is 0 Å². The lowest BCUT2D eigenvalue weighted by atomic mass is 9.95. The van der Waals surface area contributed by atoms with Crippen LogP contribution in [0.15, 0.2) is 30.7 Å². The molecule has 0 saturated carbocycles. The van der Waals surface area contributed by atoms with E-state index >= 15 is 0 Å². The first kappa shape index (κ1) is 18.0. The van der Waals surface area contributed by atoms with Crippen LogP contribution in [0.5, 0.6) is 0 Å². The molecule has 7 nitrogen and oxygen atoms in total. The molecular formula is C19H24N4O3. The van der Waals surface area contributed by atoms with E-state index in [4.69, 9.17) is 4.74 Å². The molecule has 0 spiro atoms. The molecule has 0 radical (unpaired) electrons. The Morgan fingerprint density at radius 2 is 2.12 bits per heavy atom. The molecule has 3 rings (SSSR count). The average molecular weight is 356 g/mol. The van der Waals surface area contributed by atoms with Gasteiger partial charge in [-0.3, -0.25) is 4.79 Å². The summed E-state index contributed by atoms with van der Waals surface area (Å²) in [6.07, 6.45) is 3.68. The van der Waals surface area contributed by atoms with Gasteiger partial charge in [-0.05, 0) is 45.4 Å². The van der Waals surface area contributed by atoms with Crippen LogP contribution in [0.2, 0.25) is 0 Å². The van der Waals surface area contributed by atoms with Crippen molar-refractivity contribution in [3.8, 4) is 5.69 Å². The highest BCUT2D eigenvalue weighted by Crippen LogP contribution is 2.35. The molecule has 2 aromatic rings. The largest absolute Gasteiger partial charge is 0.447 e. The second-order valence-corrected chi connectivity index (χ2v) is 6.78. The van der Waals surface area contributed by atoms with Gasteiger partial charge in [0, 0.05) is 36.6 Å². The monoisotopic (exact) mass is 356 g/mol. The number of carbonyl (C=O) groups excluding carboxylic acids is 2. The smallest absolute Gasteiger partial charge is 0.407 e. The second-order valence-electron chi connectivity index (χ2n) is 6.78. The Kier molecular flexibility index (Phi) is 4.97. The minimum atomic E-state index is -0.448. The number of amides is 2. The second kappa shape index (κ2) is 7.19. The predicted octanol–water partition coefficient (Wildman–Crippen LogP) is 3.11. The fourth-order valence-corrected chi connectivity index (χ4v) is 3.19. The molecule has 2 heterocycles. The summed E-state index contributed by atoms with van der Waals surface area (Å²) in [5.41, 5.74) is 3.57. The Labute approximate surface area is 153 Å². The predicted molar refractivity (Wildman–Crippen MR) is 98.4 cm³/mol. The number of ether oxygens (including phenoxy) is 1. The van der Waals surface area contributed by atoms with Gasteiger partial charge in [-0.15, -0.1) is 0 Å². The zero-order valence-corrected chi connectivity index (χ0v) is 15.5. The normalized spacial score (nSPS) is 16.3. The van der Waals surface area contributed by atoms with E-state index in [1.807, 2.05) is 49.7 Å². The Morgan fingerprint density at radius 3 is 2.73 bits per heavy atom. The van der Waals surface area contributed by atoms with Crippen LogP contribution in [0.3, 0.4) is 0 Å². The number of rotatable bonds is 3. The maximum atomic E-state index is 12.1. The SMILES string of the molecule is CC(=O)N1CCC(NC(=O)OC(C)C)c2cc(-n3cnc(C)c3)ccc21. The number of anilines is 1. The Morgan fingerprint density at radius 1 is 1.35 bits per heavy atom. The van der Waals surface area contributed by atoms with Gasteiger partial charge < -0.3 is 19.5 Å². The van der Waals surface area contributed by atoms with Crippen molar-refractivity contribution < 1.29 is 14.3 Å². The van der Waals surface area contributed by atoms with E-state index in [0.29, 0.717) is 13.0 Å². The highest BCUT2D eigenvalue weighted by Gasteiger charge is 2.29. The molecule has 0 saturated heterocycles. The fourth-order valence-electron chi connectivity index (χ4n) is 3.19. The van der Waals surface area contributed by atoms with Gasteiger partial charge in [0.25, 0.3) is 0 Å². The number of nitrogens with one attached hydrogen (secondary N) is 1. The first-order valence-corrected chi connectivity index (χ1v) is 8.75. The number of carbonyl (C=O) groups is 2. The van der Waals surface area contributed by atoms with Crippen molar-refractivity contribution in [2.24, 2.45) is 0 Å². The summed E-state index contributed by atoms with van der Waals surface area (Å²) in [6, 6.07) is 5.65. The lowest BCUT2D eigenvalue weighted by molar-refractivity contribution is -0.116. The molecular weight excluding hydrogens is 332 g/mol. The third-order valence-electron chi connectivity index (χ3n) is 4.34. The van der Waals surface area contributed by atoms with E-state index in [1.165, 1.54) is 0 Å². The van der Waals surface area contributed by atoms with Gasteiger partial charge in [0.05, 0.1) is 24.2 Å². The highest BCUT2D eigenvalue weighted by molar-refractivity contribution is 5.93. The lowest BCUT2D eigenvalue weighted by Crippen LogP contribution is -2.40. The summed E-state index contributed by atoms with van der Waals surface area (Å²) in [6.45, 7) is 7.66. The average Bonchev–Trinajstić information content (AvgIpc) is 3.00. The lowest BCUT2D eigenvalue weighted by Gasteiger charge is -2.34. The third-order valence-corrected chi connectivity index (χ3v) is 4.34. The zero-order valence-electron chi connectivity index (χ0n) is 15.5. The van der Waals surface area contributed by atoms with Crippen LogP contribution in [0.4, 0.5) is 10.5 Å². The minimum Gasteiger partial charge on any atom is -0.447 e. The number of hydrogen-bond donors (Lipinski definition) is 1. The van der Waals surface area contributed by atoms with Crippen LogP contribution < -0.4 is 10.2 Å². The standard InChI is InChI=1S/C19H24N4O3/c1-12(2)26-19(25)21-17-7-8-23(14(4)24)18-6-5-15(9-16(17)18)22-10-13(3)20-11-22/h5-6,9-12,17H,7-8H2,1-4H3,(H,21,25). The van der Waals surface area contributed by atoms with Crippen molar-refractivity contribution >= 4 is 17.7 Å². The number of hydrogen-bond acceptors (Lipinski definition) is 4. The van der Waals surface area contributed by atoms with Crippen LogP contribution in [0, 0.1) is 6.92 Å². The Balaban J connectivity index is 1.96. The molecule has 1 unspecified atom stereocenters. The molecule has 1 N–H and O–H groups in total. The molecule has 138 valence electrons. The van der Waals surface area contributed by atoms with Gasteiger partial charge in [0.2, 0.25) is 5.91 Å².